The second-order valence-corrected chi connectivity index (χ2v) is 9.67. The Hall–Kier alpha value is -0.800. The maximum Gasteiger partial charge on any atom is 0.166 e. The molecule has 0 radical (unpaired) electrons. The summed E-state index contributed by atoms with van der Waals surface area (Å²) in [6.07, 6.45) is 34.5. The number of rotatable bonds is 22. The maximum absolute atomic E-state index is 9.40. The van der Waals surface area contributed by atoms with Crippen molar-refractivity contribution in [2.24, 2.45) is 0 Å². The summed E-state index contributed by atoms with van der Waals surface area (Å²) in [6.45, 7) is 6.52. The second-order valence-electron chi connectivity index (χ2n) is 9.67. The zero-order chi connectivity index (χ0) is 22.5. The van der Waals surface area contributed by atoms with Crippen LogP contribution in [0.5, 0.6) is 0 Å². The smallest absolute Gasteiger partial charge is 0.166 e. The average Bonchev–Trinajstić information content (AvgIpc) is 3.18. The first-order chi connectivity index (χ1) is 15.3. The van der Waals surface area contributed by atoms with Gasteiger partial charge in [-0.15, -0.1) is 0 Å². The third-order valence-corrected chi connectivity index (χ3v) is 7.22. The van der Waals surface area contributed by atoms with Gasteiger partial charge in [0, 0.05) is 6.42 Å². The average molecular weight is 436 g/mol. The first-order valence-corrected chi connectivity index (χ1v) is 13.8. The van der Waals surface area contributed by atoms with Crippen LogP contribution in [0.25, 0.3) is 0 Å². The second kappa shape index (κ2) is 19.9. The van der Waals surface area contributed by atoms with E-state index in [1.807, 2.05) is 0 Å². The molecule has 2 N–H and O–H groups in total. The minimum atomic E-state index is 0.272. The highest BCUT2D eigenvalue weighted by molar-refractivity contribution is 4.84. The first kappa shape index (κ1) is 28.2. The monoisotopic (exact) mass is 435 g/mol. The molecule has 0 fully saturated rings. The van der Waals surface area contributed by atoms with Gasteiger partial charge in [0.05, 0.1) is 19.4 Å². The van der Waals surface area contributed by atoms with Crippen molar-refractivity contribution in [3.8, 4) is 0 Å². The Kier molecular flexibility index (Phi) is 18.1. The lowest BCUT2D eigenvalue weighted by molar-refractivity contribution is -0.900. The highest BCUT2D eigenvalue weighted by Crippen LogP contribution is 2.23. The highest BCUT2D eigenvalue weighted by Gasteiger charge is 2.35. The summed E-state index contributed by atoms with van der Waals surface area (Å²) in [4.78, 5) is 0. The van der Waals surface area contributed by atoms with Crippen LogP contribution in [0.3, 0.4) is 0 Å². The van der Waals surface area contributed by atoms with Crippen molar-refractivity contribution < 1.29 is 9.59 Å². The molecule has 31 heavy (non-hydrogen) atoms. The Labute approximate surface area is 195 Å². The van der Waals surface area contributed by atoms with Crippen LogP contribution in [0.4, 0.5) is 0 Å². The molecule has 182 valence electrons. The molecule has 1 aliphatic heterocycles. The molecule has 0 aromatic carbocycles. The number of hydrogen-bond donors (Lipinski definition) is 2. The van der Waals surface area contributed by atoms with Crippen LogP contribution in [-0.2, 0) is 0 Å². The van der Waals surface area contributed by atoms with E-state index < -0.39 is 0 Å². The van der Waals surface area contributed by atoms with Gasteiger partial charge in [0.15, 0.2) is 6.17 Å². The molecule has 0 aromatic heterocycles. The van der Waals surface area contributed by atoms with Crippen molar-refractivity contribution in [3.63, 3.8) is 0 Å². The summed E-state index contributed by atoms with van der Waals surface area (Å²) in [7, 11) is 0. The van der Waals surface area contributed by atoms with Crippen LogP contribution >= 0.6 is 0 Å². The van der Waals surface area contributed by atoms with Crippen LogP contribution < -0.4 is 5.32 Å². The fourth-order valence-corrected chi connectivity index (χ4v) is 5.04. The minimum Gasteiger partial charge on any atom is -0.390 e. The standard InChI is InChI=1S/C28H55N2O/c1-3-5-6-7-8-9-10-11-12-13-14-15-16-17-18-19-20-21-22-23-28-29-24-25-30(28,4-2)26-27-31/h3,5,24-25,28-29,31H,4,6-23,26-27H2,1-2H3/q+1/b5-3+. The number of nitrogens with one attached hydrogen (secondary N) is 1. The number of aliphatic hydroxyl groups excluding tert-OH is 1. The normalized spacial score (nSPS) is 20.7. The number of nitrogens with zero attached hydrogens (tertiary/aromatic N) is 1. The third-order valence-electron chi connectivity index (χ3n) is 7.22. The Bertz CT molecular complexity index is 448. The fraction of sp³-hybridized carbons (Fsp3) is 0.857. The van der Waals surface area contributed by atoms with Crippen molar-refractivity contribution >= 4 is 0 Å². The van der Waals surface area contributed by atoms with E-state index in [1.165, 1.54) is 116 Å². The third kappa shape index (κ3) is 13.4. The SMILES string of the molecule is C/C=C/CCCCCCCCCCCCCCCCCCC1NC=C[N+]1(CC)CCO. The molecule has 1 rings (SSSR count). The van der Waals surface area contributed by atoms with Gasteiger partial charge in [0.1, 0.15) is 12.7 Å². The quantitative estimate of drug-likeness (QED) is 0.103. The Balaban J connectivity index is 1.80. The molecule has 0 aliphatic carbocycles. The largest absolute Gasteiger partial charge is 0.390 e. The van der Waals surface area contributed by atoms with Crippen LogP contribution in [0.1, 0.15) is 129 Å². The lowest BCUT2D eigenvalue weighted by atomic mass is 10.0. The summed E-state index contributed by atoms with van der Waals surface area (Å²) in [5, 5.41) is 12.9. The molecule has 0 amide bonds. The molecular formula is C28H55N2O+. The number of quaternary nitrogens is 1. The zero-order valence-corrected chi connectivity index (χ0v) is 21.1. The van der Waals surface area contributed by atoms with E-state index in [2.05, 4.69) is 43.7 Å². The summed E-state index contributed by atoms with van der Waals surface area (Å²) in [5.74, 6) is 0. The van der Waals surface area contributed by atoms with E-state index in [4.69, 9.17) is 0 Å². The predicted molar refractivity (Wildman–Crippen MR) is 137 cm³/mol. The molecule has 0 spiro atoms. The summed E-state index contributed by atoms with van der Waals surface area (Å²) >= 11 is 0. The lowest BCUT2D eigenvalue weighted by Gasteiger charge is -2.36. The molecule has 0 bridgehead atoms. The molecule has 0 aromatic rings. The van der Waals surface area contributed by atoms with E-state index >= 15 is 0 Å². The number of allylic oxidation sites excluding steroid dienone is 2. The Morgan fingerprint density at radius 1 is 0.774 bits per heavy atom. The molecule has 3 heteroatoms. The Morgan fingerprint density at radius 3 is 1.71 bits per heavy atom. The Morgan fingerprint density at radius 2 is 1.26 bits per heavy atom. The molecule has 0 saturated heterocycles. The lowest BCUT2D eigenvalue weighted by Crippen LogP contribution is -2.54. The predicted octanol–water partition coefficient (Wildman–Crippen LogP) is 7.81. The van der Waals surface area contributed by atoms with Gasteiger partial charge in [0.25, 0.3) is 0 Å². The van der Waals surface area contributed by atoms with Crippen molar-refractivity contribution in [1.82, 2.24) is 5.32 Å². The van der Waals surface area contributed by atoms with Crippen molar-refractivity contribution in [2.45, 2.75) is 136 Å². The number of hydrogen-bond acceptors (Lipinski definition) is 2. The summed E-state index contributed by atoms with van der Waals surface area (Å²) < 4.78 is 0.910. The van der Waals surface area contributed by atoms with Crippen LogP contribution in [0.15, 0.2) is 24.6 Å². The molecular weight excluding hydrogens is 380 g/mol. The van der Waals surface area contributed by atoms with Gasteiger partial charge in [-0.1, -0.05) is 102 Å². The number of unbranched alkanes of at least 4 members (excludes halogenated alkanes) is 16. The van der Waals surface area contributed by atoms with Crippen molar-refractivity contribution in [1.29, 1.82) is 0 Å². The maximum atomic E-state index is 9.40. The van der Waals surface area contributed by atoms with Gasteiger partial charge in [-0.2, -0.15) is 0 Å². The molecule has 1 heterocycles. The van der Waals surface area contributed by atoms with Crippen LogP contribution in [0, 0.1) is 0 Å². The van der Waals surface area contributed by atoms with Gasteiger partial charge in [-0.25, -0.2) is 0 Å². The fourth-order valence-electron chi connectivity index (χ4n) is 5.04. The highest BCUT2D eigenvalue weighted by atomic mass is 16.3. The van der Waals surface area contributed by atoms with E-state index in [0.29, 0.717) is 6.17 Å². The van der Waals surface area contributed by atoms with Crippen LogP contribution in [0.2, 0.25) is 0 Å². The van der Waals surface area contributed by atoms with E-state index in [9.17, 15) is 5.11 Å². The first-order valence-electron chi connectivity index (χ1n) is 13.8. The van der Waals surface area contributed by atoms with Crippen LogP contribution in [-0.4, -0.2) is 35.5 Å². The molecule has 1 aliphatic rings. The topological polar surface area (TPSA) is 32.3 Å². The molecule has 0 saturated carbocycles. The van der Waals surface area contributed by atoms with Crippen molar-refractivity contribution in [3.05, 3.63) is 24.6 Å². The minimum absolute atomic E-state index is 0.272. The molecule has 2 unspecified atom stereocenters. The van der Waals surface area contributed by atoms with Gasteiger partial charge in [-0.3, -0.25) is 4.48 Å². The number of likely N-dealkylation sites (N-methyl/N-ethyl adjacent to an activating group) is 1. The summed E-state index contributed by atoms with van der Waals surface area (Å²) in [5.41, 5.74) is 0. The number of aliphatic hydroxyl groups is 1. The van der Waals surface area contributed by atoms with Gasteiger partial charge in [-0.05, 0) is 33.1 Å². The zero-order valence-electron chi connectivity index (χ0n) is 21.1. The van der Waals surface area contributed by atoms with Gasteiger partial charge < -0.3 is 10.4 Å². The van der Waals surface area contributed by atoms with Gasteiger partial charge in [0.2, 0.25) is 0 Å². The summed E-state index contributed by atoms with van der Waals surface area (Å²) in [6, 6.07) is 0. The van der Waals surface area contributed by atoms with E-state index in [1.54, 1.807) is 0 Å². The van der Waals surface area contributed by atoms with E-state index in [0.717, 1.165) is 17.6 Å². The molecule has 3 nitrogen and oxygen atoms in total. The van der Waals surface area contributed by atoms with Crippen molar-refractivity contribution in [2.75, 3.05) is 19.7 Å². The molecule has 2 atom stereocenters. The van der Waals surface area contributed by atoms with E-state index in [-0.39, 0.29) is 6.61 Å². The van der Waals surface area contributed by atoms with Gasteiger partial charge >= 0.3 is 0 Å².